The van der Waals surface area contributed by atoms with E-state index in [1.54, 1.807) is 0 Å². The summed E-state index contributed by atoms with van der Waals surface area (Å²) in [5.41, 5.74) is 1.50. The maximum Gasteiger partial charge on any atom is 0.138 e. The van der Waals surface area contributed by atoms with Crippen LogP contribution in [0.5, 0.6) is 0 Å². The van der Waals surface area contributed by atoms with E-state index in [0.29, 0.717) is 5.78 Å². The summed E-state index contributed by atoms with van der Waals surface area (Å²) in [7, 11) is 0. The van der Waals surface area contributed by atoms with Crippen molar-refractivity contribution in [2.45, 2.75) is 72.1 Å². The van der Waals surface area contributed by atoms with Gasteiger partial charge in [-0.3, -0.25) is 4.79 Å². The van der Waals surface area contributed by atoms with Gasteiger partial charge in [-0.2, -0.15) is 0 Å². The molecule has 0 spiro atoms. The molecule has 0 aromatic heterocycles. The molecule has 1 fully saturated rings. The SMILES string of the molecule is CCCC/C(C)=C/CCC1(C)CCCC1=O. The Morgan fingerprint density at radius 3 is 2.81 bits per heavy atom. The molecule has 0 N–H and O–H groups in total. The molecule has 0 heterocycles. The maximum absolute atomic E-state index is 11.7. The van der Waals surface area contributed by atoms with Crippen LogP contribution in [0, 0.1) is 5.41 Å². The van der Waals surface area contributed by atoms with Gasteiger partial charge in [0, 0.05) is 11.8 Å². The Labute approximate surface area is 100 Å². The lowest BCUT2D eigenvalue weighted by molar-refractivity contribution is -0.125. The maximum atomic E-state index is 11.7. The first-order valence-corrected chi connectivity index (χ1v) is 6.77. The van der Waals surface area contributed by atoms with Gasteiger partial charge in [0.2, 0.25) is 0 Å². The second-order valence-electron chi connectivity index (χ2n) is 5.53. The fourth-order valence-electron chi connectivity index (χ4n) is 2.54. The molecule has 92 valence electrons. The summed E-state index contributed by atoms with van der Waals surface area (Å²) < 4.78 is 0. The van der Waals surface area contributed by atoms with Crippen LogP contribution in [-0.2, 0) is 4.79 Å². The van der Waals surface area contributed by atoms with Crippen LogP contribution < -0.4 is 0 Å². The fourth-order valence-corrected chi connectivity index (χ4v) is 2.54. The summed E-state index contributed by atoms with van der Waals surface area (Å²) in [6.07, 6.45) is 11.3. The van der Waals surface area contributed by atoms with E-state index in [0.717, 1.165) is 32.1 Å². The molecule has 0 radical (unpaired) electrons. The molecular formula is C15H26O. The number of rotatable bonds is 6. The van der Waals surface area contributed by atoms with Gasteiger partial charge in [-0.1, -0.05) is 31.9 Å². The van der Waals surface area contributed by atoms with Crippen molar-refractivity contribution in [3.63, 3.8) is 0 Å². The van der Waals surface area contributed by atoms with Crippen molar-refractivity contribution in [2.75, 3.05) is 0 Å². The molecule has 1 nitrogen and oxygen atoms in total. The minimum Gasteiger partial charge on any atom is -0.299 e. The van der Waals surface area contributed by atoms with Crippen LogP contribution in [0.15, 0.2) is 11.6 Å². The molecule has 1 saturated carbocycles. The minimum atomic E-state index is 0.00152. The van der Waals surface area contributed by atoms with Crippen LogP contribution >= 0.6 is 0 Å². The zero-order chi connectivity index (χ0) is 12.0. The summed E-state index contributed by atoms with van der Waals surface area (Å²) >= 11 is 0. The molecule has 1 unspecified atom stereocenters. The molecule has 1 aliphatic carbocycles. The van der Waals surface area contributed by atoms with Crippen LogP contribution in [0.3, 0.4) is 0 Å². The van der Waals surface area contributed by atoms with Gasteiger partial charge < -0.3 is 0 Å². The average Bonchev–Trinajstić information content (AvgIpc) is 2.57. The molecule has 16 heavy (non-hydrogen) atoms. The predicted molar refractivity (Wildman–Crippen MR) is 69.5 cm³/mol. The molecule has 1 rings (SSSR count). The van der Waals surface area contributed by atoms with Gasteiger partial charge in [-0.05, 0) is 45.4 Å². The molecule has 0 amide bonds. The number of hydrogen-bond donors (Lipinski definition) is 0. The zero-order valence-corrected chi connectivity index (χ0v) is 11.1. The second kappa shape index (κ2) is 6.22. The lowest BCUT2D eigenvalue weighted by Crippen LogP contribution is -2.20. The van der Waals surface area contributed by atoms with Crippen molar-refractivity contribution in [2.24, 2.45) is 5.41 Å². The van der Waals surface area contributed by atoms with Crippen molar-refractivity contribution < 1.29 is 4.79 Å². The van der Waals surface area contributed by atoms with Gasteiger partial charge in [0.05, 0.1) is 0 Å². The molecule has 0 saturated heterocycles. The van der Waals surface area contributed by atoms with E-state index in [-0.39, 0.29) is 5.41 Å². The van der Waals surface area contributed by atoms with Gasteiger partial charge in [-0.25, -0.2) is 0 Å². The van der Waals surface area contributed by atoms with Crippen LogP contribution in [0.1, 0.15) is 72.1 Å². The topological polar surface area (TPSA) is 17.1 Å². The number of carbonyl (C=O) groups excluding carboxylic acids is 1. The summed E-state index contributed by atoms with van der Waals surface area (Å²) in [5, 5.41) is 0. The Balaban J connectivity index is 2.31. The van der Waals surface area contributed by atoms with Crippen molar-refractivity contribution in [3.8, 4) is 0 Å². The lowest BCUT2D eigenvalue weighted by atomic mass is 9.82. The highest BCUT2D eigenvalue weighted by Crippen LogP contribution is 2.38. The number of hydrogen-bond acceptors (Lipinski definition) is 1. The number of carbonyl (C=O) groups is 1. The third-order valence-electron chi connectivity index (χ3n) is 3.92. The van der Waals surface area contributed by atoms with E-state index < -0.39 is 0 Å². The predicted octanol–water partition coefficient (Wildman–Crippen LogP) is 4.66. The van der Waals surface area contributed by atoms with E-state index in [9.17, 15) is 4.79 Å². The van der Waals surface area contributed by atoms with Crippen molar-refractivity contribution in [3.05, 3.63) is 11.6 Å². The number of ketones is 1. The van der Waals surface area contributed by atoms with Crippen molar-refractivity contribution >= 4 is 5.78 Å². The molecule has 1 aliphatic rings. The van der Waals surface area contributed by atoms with Gasteiger partial charge in [0.15, 0.2) is 0 Å². The molecular weight excluding hydrogens is 196 g/mol. The first kappa shape index (κ1) is 13.5. The third-order valence-corrected chi connectivity index (χ3v) is 3.92. The average molecular weight is 222 g/mol. The highest BCUT2D eigenvalue weighted by Gasteiger charge is 2.36. The van der Waals surface area contributed by atoms with Gasteiger partial charge in [0.25, 0.3) is 0 Å². The normalized spacial score (nSPS) is 26.4. The van der Waals surface area contributed by atoms with E-state index >= 15 is 0 Å². The van der Waals surface area contributed by atoms with E-state index in [4.69, 9.17) is 0 Å². The Morgan fingerprint density at radius 2 is 2.25 bits per heavy atom. The van der Waals surface area contributed by atoms with Crippen LogP contribution in [0.4, 0.5) is 0 Å². The van der Waals surface area contributed by atoms with Gasteiger partial charge >= 0.3 is 0 Å². The second-order valence-corrected chi connectivity index (χ2v) is 5.53. The van der Waals surface area contributed by atoms with Crippen molar-refractivity contribution in [1.29, 1.82) is 0 Å². The Bertz CT molecular complexity index is 265. The van der Waals surface area contributed by atoms with Crippen LogP contribution in [0.2, 0.25) is 0 Å². The fraction of sp³-hybridized carbons (Fsp3) is 0.800. The summed E-state index contributed by atoms with van der Waals surface area (Å²) in [6, 6.07) is 0. The van der Waals surface area contributed by atoms with Crippen LogP contribution in [-0.4, -0.2) is 5.78 Å². The van der Waals surface area contributed by atoms with Crippen molar-refractivity contribution in [1.82, 2.24) is 0 Å². The Hall–Kier alpha value is -0.590. The highest BCUT2D eigenvalue weighted by atomic mass is 16.1. The molecule has 0 bridgehead atoms. The van der Waals surface area contributed by atoms with E-state index in [1.165, 1.54) is 24.8 Å². The molecule has 1 heteroatoms. The van der Waals surface area contributed by atoms with E-state index in [2.05, 4.69) is 26.8 Å². The molecule has 0 aromatic carbocycles. The first-order valence-electron chi connectivity index (χ1n) is 6.77. The molecule has 1 atom stereocenters. The summed E-state index contributed by atoms with van der Waals surface area (Å²) in [6.45, 7) is 6.59. The zero-order valence-electron chi connectivity index (χ0n) is 11.1. The Kier molecular flexibility index (Phi) is 5.24. The van der Waals surface area contributed by atoms with Gasteiger partial charge in [0.1, 0.15) is 5.78 Å². The largest absolute Gasteiger partial charge is 0.299 e. The molecule has 0 aromatic rings. The monoisotopic (exact) mass is 222 g/mol. The van der Waals surface area contributed by atoms with Gasteiger partial charge in [-0.15, -0.1) is 0 Å². The smallest absolute Gasteiger partial charge is 0.138 e. The van der Waals surface area contributed by atoms with E-state index in [1.807, 2.05) is 0 Å². The molecule has 0 aliphatic heterocycles. The lowest BCUT2D eigenvalue weighted by Gasteiger charge is -2.20. The number of unbranched alkanes of at least 4 members (excludes halogenated alkanes) is 1. The quantitative estimate of drug-likeness (QED) is 0.597. The van der Waals surface area contributed by atoms with Crippen LogP contribution in [0.25, 0.3) is 0 Å². The first-order chi connectivity index (χ1) is 7.58. The number of allylic oxidation sites excluding steroid dienone is 2. The number of Topliss-reactive ketones (excluding diaryl/α,β-unsaturated/α-hetero) is 1. The highest BCUT2D eigenvalue weighted by molar-refractivity contribution is 5.86. The summed E-state index contributed by atoms with van der Waals surface area (Å²) in [4.78, 5) is 11.7. The minimum absolute atomic E-state index is 0.00152. The third kappa shape index (κ3) is 3.77. The summed E-state index contributed by atoms with van der Waals surface area (Å²) in [5.74, 6) is 0.493. The standard InChI is InChI=1S/C15H26O/c1-4-5-8-13(2)9-6-11-15(3)12-7-10-14(15)16/h9H,4-8,10-12H2,1-3H3/b13-9+. The Morgan fingerprint density at radius 1 is 1.50 bits per heavy atom.